The number of hydroxylamine groups is 2. The molecule has 3 aliphatic carbocycles. The number of carboxylic acids is 1. The average molecular weight is 709 g/mol. The van der Waals surface area contributed by atoms with Crippen molar-refractivity contribution in [1.29, 1.82) is 0 Å². The van der Waals surface area contributed by atoms with E-state index in [0.717, 1.165) is 30.8 Å². The molecule has 5 fully saturated rings. The second kappa shape index (κ2) is 15.4. The number of aliphatic hydroxyl groups excluding tert-OH is 2. The van der Waals surface area contributed by atoms with E-state index in [0.29, 0.717) is 61.0 Å². The zero-order valence-electron chi connectivity index (χ0n) is 30.9. The highest BCUT2D eigenvalue weighted by molar-refractivity contribution is 5.92. The number of fused-ring (bicyclic) bond motifs is 2. The molecule has 3 saturated carbocycles. The number of carbonyl (C=O) groups is 2. The molecule has 1 amide bonds. The summed E-state index contributed by atoms with van der Waals surface area (Å²) in [4.78, 5) is 36.9. The van der Waals surface area contributed by atoms with Gasteiger partial charge in [0.05, 0.1) is 38.0 Å². The minimum absolute atomic E-state index is 0.0220. The van der Waals surface area contributed by atoms with Crippen molar-refractivity contribution in [3.8, 4) is 16.9 Å². The van der Waals surface area contributed by atoms with Gasteiger partial charge in [0.15, 0.2) is 0 Å². The summed E-state index contributed by atoms with van der Waals surface area (Å²) in [7, 11) is 3.73. The predicted octanol–water partition coefficient (Wildman–Crippen LogP) is 3.49. The number of rotatable bonds is 13. The molecular weight excluding hydrogens is 652 g/mol. The topological polar surface area (TPSA) is 144 Å². The largest absolute Gasteiger partial charge is 0.491 e. The molecule has 7 rings (SSSR count). The van der Waals surface area contributed by atoms with Gasteiger partial charge in [0, 0.05) is 62.5 Å². The number of nitrogens with one attached hydrogen (secondary N) is 1. The molecular formula is C39H56N4O8. The summed E-state index contributed by atoms with van der Waals surface area (Å²) in [6, 6.07) is 10.1. The van der Waals surface area contributed by atoms with Gasteiger partial charge in [-0.05, 0) is 66.7 Å². The summed E-state index contributed by atoms with van der Waals surface area (Å²) in [6.07, 6.45) is 0.414. The zero-order valence-corrected chi connectivity index (χ0v) is 30.9. The van der Waals surface area contributed by atoms with Gasteiger partial charge in [-0.1, -0.05) is 39.0 Å². The summed E-state index contributed by atoms with van der Waals surface area (Å²) in [5, 5.41) is 36.3. The number of ether oxygens (including phenoxy) is 2. The number of carboxylic acid groups (broad SMARTS) is 1. The highest BCUT2D eigenvalue weighted by Crippen LogP contribution is 2.61. The maximum absolute atomic E-state index is 14.3. The smallest absolute Gasteiger partial charge is 0.335 e. The third kappa shape index (κ3) is 7.63. The molecule has 0 spiro atoms. The van der Waals surface area contributed by atoms with Crippen molar-refractivity contribution in [3.05, 3.63) is 47.5 Å². The van der Waals surface area contributed by atoms with Crippen LogP contribution in [0.2, 0.25) is 0 Å². The second-order valence-electron chi connectivity index (χ2n) is 15.8. The number of nitrogens with zero attached hydrogens (tertiary/aromatic N) is 3. The van der Waals surface area contributed by atoms with E-state index in [2.05, 4.69) is 31.0 Å². The predicted molar refractivity (Wildman–Crippen MR) is 193 cm³/mol. The summed E-state index contributed by atoms with van der Waals surface area (Å²) < 4.78 is 12.1. The van der Waals surface area contributed by atoms with Gasteiger partial charge in [-0.25, -0.2) is 4.79 Å². The van der Waals surface area contributed by atoms with Crippen molar-refractivity contribution in [2.24, 2.45) is 29.1 Å². The first kappa shape index (κ1) is 37.5. The summed E-state index contributed by atoms with van der Waals surface area (Å²) in [5.41, 5.74) is 3.29. The lowest BCUT2D eigenvalue weighted by molar-refractivity contribution is -0.183. The van der Waals surface area contributed by atoms with Crippen molar-refractivity contribution in [1.82, 2.24) is 15.3 Å². The molecule has 51 heavy (non-hydrogen) atoms. The minimum atomic E-state index is -1.03. The van der Waals surface area contributed by atoms with Crippen molar-refractivity contribution < 1.29 is 39.2 Å². The van der Waals surface area contributed by atoms with E-state index in [1.54, 1.807) is 24.1 Å². The van der Waals surface area contributed by atoms with E-state index in [-0.39, 0.29) is 36.1 Å². The van der Waals surface area contributed by atoms with Crippen LogP contribution in [-0.2, 0) is 20.9 Å². The van der Waals surface area contributed by atoms with E-state index in [1.807, 2.05) is 43.3 Å². The average Bonchev–Trinajstić information content (AvgIpc) is 3.48. The Hall–Kier alpha value is -3.26. The van der Waals surface area contributed by atoms with Gasteiger partial charge < -0.3 is 35.0 Å². The number of carbonyl (C=O) groups excluding carboxylic acids is 1. The number of hydrogen-bond acceptors (Lipinski definition) is 10. The molecule has 2 aliphatic heterocycles. The number of amides is 1. The molecule has 8 atom stereocenters. The minimum Gasteiger partial charge on any atom is -0.491 e. The molecule has 2 aromatic carbocycles. The SMILES string of the molecule is C[C@@H]1[C@@H](NC(=O)[C@@H]2[C@H]([C@H](C)O)[C@H](CO)ON2Cc2cccc(-c3cc(C(=O)O)cc(N(C)C)c3)c2OCCN2CCOCC2)C[C@H]2C[C@@H]1C2(C)C. The van der Waals surface area contributed by atoms with Crippen LogP contribution in [0.4, 0.5) is 5.69 Å². The normalized spacial score (nSPS) is 29.6. The molecule has 280 valence electrons. The third-order valence-electron chi connectivity index (χ3n) is 12.2. The molecule has 0 radical (unpaired) electrons. The molecule has 5 aliphatic rings. The number of aliphatic hydroxyl groups is 2. The fourth-order valence-electron chi connectivity index (χ4n) is 9.01. The van der Waals surface area contributed by atoms with Crippen LogP contribution in [0.15, 0.2) is 36.4 Å². The van der Waals surface area contributed by atoms with Crippen LogP contribution >= 0.6 is 0 Å². The fourth-order valence-corrected chi connectivity index (χ4v) is 9.01. The number of morpholine rings is 1. The highest BCUT2D eigenvalue weighted by atomic mass is 16.7. The van der Waals surface area contributed by atoms with Crippen LogP contribution < -0.4 is 15.0 Å². The number of anilines is 1. The highest BCUT2D eigenvalue weighted by Gasteiger charge is 2.57. The molecule has 4 N–H and O–H groups in total. The number of para-hydroxylation sites is 1. The lowest BCUT2D eigenvalue weighted by Gasteiger charge is -2.62. The van der Waals surface area contributed by atoms with Crippen LogP contribution in [0.1, 0.15) is 56.5 Å². The molecule has 2 saturated heterocycles. The lowest BCUT2D eigenvalue weighted by Crippen LogP contribution is -2.62. The van der Waals surface area contributed by atoms with Gasteiger partial charge in [-0.15, -0.1) is 0 Å². The van der Waals surface area contributed by atoms with Crippen LogP contribution in [0.5, 0.6) is 5.75 Å². The van der Waals surface area contributed by atoms with Crippen LogP contribution in [0.3, 0.4) is 0 Å². The first-order chi connectivity index (χ1) is 24.3. The Morgan fingerprint density at radius 1 is 1.14 bits per heavy atom. The maximum Gasteiger partial charge on any atom is 0.335 e. The molecule has 12 heteroatoms. The van der Waals surface area contributed by atoms with Gasteiger partial charge in [-0.3, -0.25) is 14.5 Å². The summed E-state index contributed by atoms with van der Waals surface area (Å²) in [5.74, 6) is 0.0722. The Kier molecular flexibility index (Phi) is 11.3. The fraction of sp³-hybridized carbons (Fsp3) is 0.641. The number of benzene rings is 2. The van der Waals surface area contributed by atoms with Crippen molar-refractivity contribution >= 4 is 17.6 Å². The molecule has 0 aromatic heterocycles. The first-order valence-corrected chi connectivity index (χ1v) is 18.4. The van der Waals surface area contributed by atoms with E-state index in [1.165, 1.54) is 6.42 Å². The molecule has 12 nitrogen and oxygen atoms in total. The maximum atomic E-state index is 14.3. The Morgan fingerprint density at radius 3 is 2.51 bits per heavy atom. The van der Waals surface area contributed by atoms with Crippen molar-refractivity contribution in [2.45, 2.75) is 71.4 Å². The van der Waals surface area contributed by atoms with E-state index in [4.69, 9.17) is 14.3 Å². The van der Waals surface area contributed by atoms with Crippen LogP contribution in [0, 0.1) is 29.1 Å². The first-order valence-electron chi connectivity index (χ1n) is 18.4. The molecule has 2 bridgehead atoms. The van der Waals surface area contributed by atoms with Gasteiger partial charge in [0.25, 0.3) is 0 Å². The van der Waals surface area contributed by atoms with Crippen molar-refractivity contribution in [2.75, 3.05) is 65.1 Å². The Labute approximate surface area is 301 Å². The Morgan fingerprint density at radius 2 is 1.88 bits per heavy atom. The number of hydrogen-bond donors (Lipinski definition) is 4. The van der Waals surface area contributed by atoms with Gasteiger partial charge >= 0.3 is 5.97 Å². The lowest BCUT2D eigenvalue weighted by atomic mass is 9.45. The molecule has 0 unspecified atom stereocenters. The monoisotopic (exact) mass is 708 g/mol. The molecule has 2 aromatic rings. The quantitative estimate of drug-likeness (QED) is 0.243. The summed E-state index contributed by atoms with van der Waals surface area (Å²) in [6.45, 7) is 12.3. The van der Waals surface area contributed by atoms with Gasteiger partial charge in [0.2, 0.25) is 5.91 Å². The number of aromatic carboxylic acids is 1. The molecule has 2 heterocycles. The third-order valence-corrected chi connectivity index (χ3v) is 12.2. The van der Waals surface area contributed by atoms with Gasteiger partial charge in [0.1, 0.15) is 24.5 Å². The second-order valence-corrected chi connectivity index (χ2v) is 15.8. The van der Waals surface area contributed by atoms with Gasteiger partial charge in [-0.2, -0.15) is 5.06 Å². The standard InChI is InChI=1S/C39H56N4O8/c1-23-31-19-28(39(31,3)4)20-32(23)40-37(46)35-34(24(2)45)33(22-44)51-43(35)21-25-8-7-9-30(36(25)50-15-12-42-10-13-49-14-11-42)26-16-27(38(47)48)18-29(17-26)41(5)6/h7-9,16-18,23-24,28,31-35,44-45H,10-15,19-22H2,1-6H3,(H,40,46)(H,47,48)/t23-,24-,28+,31-,32-,33-,34+,35-/m0/s1. The van der Waals surface area contributed by atoms with E-state index >= 15 is 0 Å². The van der Waals surface area contributed by atoms with Crippen LogP contribution in [0.25, 0.3) is 11.1 Å². The van der Waals surface area contributed by atoms with E-state index in [9.17, 15) is 24.9 Å². The van der Waals surface area contributed by atoms with Crippen molar-refractivity contribution in [3.63, 3.8) is 0 Å². The summed E-state index contributed by atoms with van der Waals surface area (Å²) >= 11 is 0. The van der Waals surface area contributed by atoms with Crippen LogP contribution in [-0.4, -0.2) is 122 Å². The zero-order chi connectivity index (χ0) is 36.6. The Balaban J connectivity index is 1.33. The van der Waals surface area contributed by atoms with E-state index < -0.39 is 30.1 Å². The Bertz CT molecular complexity index is 1560.